The number of hydrogen-bond donors (Lipinski definition) is 2. The molecule has 70 heavy (non-hydrogen) atoms. The average Bonchev–Trinajstić information content (AvgIpc) is 3.27. The molecule has 0 saturated heterocycles. The van der Waals surface area contributed by atoms with E-state index in [1.165, 1.54) is 50.5 Å². The largest absolute Gasteiger partial charge is 0.299 e. The average molecular weight is 963 g/mol. The molecule has 0 aromatic rings. The van der Waals surface area contributed by atoms with Crippen molar-refractivity contribution < 1.29 is 19.6 Å². The lowest BCUT2D eigenvalue weighted by Gasteiger charge is -2.72. The molecule has 7 fully saturated rings. The van der Waals surface area contributed by atoms with Crippen molar-refractivity contribution in [3.05, 3.63) is 34.9 Å². The third-order valence-electron chi connectivity index (χ3n) is 27.2. The van der Waals surface area contributed by atoms with Crippen molar-refractivity contribution in [2.45, 2.75) is 240 Å². The van der Waals surface area contributed by atoms with Crippen LogP contribution in [0.3, 0.4) is 0 Å². The molecule has 2 N–H and O–H groups in total. The Morgan fingerprint density at radius 1 is 0.614 bits per heavy atom. The molecule has 0 heterocycles. The number of fused-ring (bicyclic) bond motifs is 14. The minimum Gasteiger partial charge on any atom is -0.299 e. The van der Waals surface area contributed by atoms with Crippen LogP contribution in [0.15, 0.2) is 34.9 Å². The molecule has 0 unspecified atom stereocenters. The predicted octanol–water partition coefficient (Wildman–Crippen LogP) is 16.7. The zero-order chi connectivity index (χ0) is 51.6. The van der Waals surface area contributed by atoms with Crippen LogP contribution in [0.1, 0.15) is 240 Å². The van der Waals surface area contributed by atoms with Gasteiger partial charge in [-0.3, -0.25) is 19.6 Å². The van der Waals surface area contributed by atoms with Gasteiger partial charge in [-0.15, -0.1) is 0 Å². The lowest BCUT2D eigenvalue weighted by Crippen LogP contribution is -2.65. The summed E-state index contributed by atoms with van der Waals surface area (Å²) in [5.41, 5.74) is 7.46. The highest BCUT2D eigenvalue weighted by Gasteiger charge is 2.71. The summed E-state index contributed by atoms with van der Waals surface area (Å²) in [4.78, 5) is 40.0. The van der Waals surface area contributed by atoms with E-state index >= 15 is 0 Å². The summed E-state index contributed by atoms with van der Waals surface area (Å²) in [6, 6.07) is 0. The van der Waals surface area contributed by atoms with Gasteiger partial charge in [-0.1, -0.05) is 147 Å². The van der Waals surface area contributed by atoms with Gasteiger partial charge >= 0.3 is 0 Å². The predicted molar refractivity (Wildman–Crippen MR) is 287 cm³/mol. The van der Waals surface area contributed by atoms with E-state index in [-0.39, 0.29) is 49.7 Å². The lowest BCUT2D eigenvalue weighted by atomic mass is 9.32. The number of allylic oxidation sites excluding steroid dienone is 6. The van der Waals surface area contributed by atoms with E-state index in [0.29, 0.717) is 57.4 Å². The second kappa shape index (κ2) is 16.2. The van der Waals surface area contributed by atoms with Crippen LogP contribution in [0.2, 0.25) is 0 Å². The van der Waals surface area contributed by atoms with Gasteiger partial charge in [0.2, 0.25) is 5.91 Å². The van der Waals surface area contributed by atoms with Gasteiger partial charge in [0, 0.05) is 17.3 Å². The van der Waals surface area contributed by atoms with Gasteiger partial charge in [-0.05, 0) is 218 Å². The smallest absolute Gasteiger partial charge is 0.250 e. The number of Topliss-reactive ketones (excluding diaryl/α,β-unsaturated/α-hetero) is 2. The maximum absolute atomic E-state index is 13.6. The SMILES string of the molecule is CC1=C[C@]2(C)[C@H]3CC=C4[C@@H]5CC(C)(C)CC[C@]5(C(=O)NO)CC[C@@]4(C)[C@]3(C)CC[C@H]2C(C)(C)C1=O.CCC(=O)[C@]12CCC(C)(C)C[C@H]1C1=CC[C@@H]3[C@@]4(C)C[C@@H](C)[C@H](C)C(C)(C)[C@@H]4CC[C@@]3(C)[C@]1(C)CC2. The highest BCUT2D eigenvalue weighted by molar-refractivity contribution is 6.00. The summed E-state index contributed by atoms with van der Waals surface area (Å²) in [6.45, 7) is 43.9. The monoisotopic (exact) mass is 962 g/mol. The van der Waals surface area contributed by atoms with Crippen molar-refractivity contribution in [1.82, 2.24) is 5.48 Å². The molecule has 7 saturated carbocycles. The maximum atomic E-state index is 13.6. The van der Waals surface area contributed by atoms with Gasteiger partial charge < -0.3 is 0 Å². The van der Waals surface area contributed by atoms with Crippen molar-refractivity contribution in [2.75, 3.05) is 0 Å². The fourth-order valence-electron chi connectivity index (χ4n) is 22.5. The van der Waals surface area contributed by atoms with Crippen molar-refractivity contribution in [3.8, 4) is 0 Å². The number of rotatable bonds is 3. The summed E-state index contributed by atoms with van der Waals surface area (Å²) in [6.07, 6.45) is 27.6. The van der Waals surface area contributed by atoms with E-state index in [0.717, 1.165) is 93.5 Å². The first-order valence-corrected chi connectivity index (χ1v) is 29.3. The molecule has 0 aromatic carbocycles. The summed E-state index contributed by atoms with van der Waals surface area (Å²) < 4.78 is 0. The van der Waals surface area contributed by atoms with Gasteiger partial charge in [0.25, 0.3) is 0 Å². The number of amides is 1. The quantitative estimate of drug-likeness (QED) is 0.168. The second-order valence-electron chi connectivity index (χ2n) is 31.5. The molecule has 0 spiro atoms. The molecule has 5 nitrogen and oxygen atoms in total. The number of carbonyl (C=O) groups excluding carboxylic acids is 3. The van der Waals surface area contributed by atoms with Gasteiger partial charge in [-0.25, -0.2) is 5.48 Å². The Balaban J connectivity index is 0.000000174. The first-order valence-electron chi connectivity index (χ1n) is 29.3. The normalized spacial score (nSPS) is 50.0. The van der Waals surface area contributed by atoms with E-state index in [1.807, 2.05) is 6.92 Å². The molecule has 0 aliphatic heterocycles. The topological polar surface area (TPSA) is 83.5 Å². The van der Waals surface area contributed by atoms with Crippen LogP contribution in [-0.2, 0) is 14.4 Å². The zero-order valence-corrected chi connectivity index (χ0v) is 48.3. The molecule has 392 valence electrons. The fraction of sp³-hybridized carbons (Fsp3) is 0.862. The number of hydrogen-bond acceptors (Lipinski definition) is 4. The first kappa shape index (κ1) is 52.8. The minimum atomic E-state index is -0.490. The Bertz CT molecular complexity index is 2270. The molecule has 0 aromatic heterocycles. The fourth-order valence-corrected chi connectivity index (χ4v) is 22.5. The van der Waals surface area contributed by atoms with Gasteiger partial charge in [0.15, 0.2) is 5.78 Å². The van der Waals surface area contributed by atoms with Crippen LogP contribution >= 0.6 is 0 Å². The van der Waals surface area contributed by atoms with Gasteiger partial charge in [0.1, 0.15) is 5.78 Å². The molecule has 16 atom stereocenters. The highest BCUT2D eigenvalue weighted by atomic mass is 16.5. The first-order chi connectivity index (χ1) is 32.2. The summed E-state index contributed by atoms with van der Waals surface area (Å²) in [7, 11) is 0. The Morgan fingerprint density at radius 2 is 1.09 bits per heavy atom. The highest BCUT2D eigenvalue weighted by Crippen LogP contribution is 2.78. The zero-order valence-electron chi connectivity index (χ0n) is 48.3. The number of ketones is 2. The molecule has 1 amide bonds. The lowest BCUT2D eigenvalue weighted by molar-refractivity contribution is -0.202. The van der Waals surface area contributed by atoms with Crippen LogP contribution in [0.25, 0.3) is 0 Å². The Kier molecular flexibility index (Phi) is 12.3. The maximum Gasteiger partial charge on any atom is 0.250 e. The standard InChI is InChI=1S/C34H56O.C31H47NO3/c1-11-28(35)34-18-16-29(4,5)21-25(34)24-12-13-27-31(8)20-22(2)23(3)30(6,7)26(31)14-15-33(27,10)32(24,9)17-19-34;1-19-17-28(6)22(27(4,5)24(19)33)11-12-30(8)23(28)10-9-20-21-18-26(2,3)13-15-31(21,25(34)32-35)16-14-29(20,30)7/h12,22-23,25-27H,11,13-21H2,1-10H3;9,17,21-23,35H,10-16,18H2,1-8H3,(H,32,34)/t22-,23+,25+,26+,27-,31+,32-,33-,34+;21-,22-,23+,28-,29+,30+,31-/m10/s1. The van der Waals surface area contributed by atoms with Crippen LogP contribution in [0.5, 0.6) is 0 Å². The Morgan fingerprint density at radius 3 is 1.63 bits per heavy atom. The minimum absolute atomic E-state index is 0.0115. The molecule has 5 heteroatoms. The Hall–Kier alpha value is -2.01. The molecular weight excluding hydrogens is 859 g/mol. The van der Waals surface area contributed by atoms with E-state index in [1.54, 1.807) is 5.57 Å². The number of nitrogens with one attached hydrogen (secondary N) is 1. The summed E-state index contributed by atoms with van der Waals surface area (Å²) >= 11 is 0. The van der Waals surface area contributed by atoms with Crippen molar-refractivity contribution in [2.24, 2.45) is 112 Å². The molecule has 10 rings (SSSR count). The third-order valence-corrected chi connectivity index (χ3v) is 27.2. The van der Waals surface area contributed by atoms with E-state index in [2.05, 4.69) is 141 Å². The van der Waals surface area contributed by atoms with E-state index < -0.39 is 5.41 Å². The number of carbonyl (C=O) groups is 3. The van der Waals surface area contributed by atoms with Crippen molar-refractivity contribution >= 4 is 17.5 Å². The van der Waals surface area contributed by atoms with Gasteiger partial charge in [-0.2, -0.15) is 0 Å². The van der Waals surface area contributed by atoms with Crippen molar-refractivity contribution in [3.63, 3.8) is 0 Å². The Labute approximate surface area is 428 Å². The van der Waals surface area contributed by atoms with E-state index in [4.69, 9.17) is 0 Å². The third kappa shape index (κ3) is 6.83. The van der Waals surface area contributed by atoms with Crippen LogP contribution < -0.4 is 5.48 Å². The van der Waals surface area contributed by atoms with Crippen LogP contribution in [0.4, 0.5) is 0 Å². The molecular formula is C65H103NO4. The molecule has 0 radical (unpaired) electrons. The van der Waals surface area contributed by atoms with Crippen LogP contribution in [0, 0.1) is 112 Å². The second-order valence-corrected chi connectivity index (χ2v) is 31.5. The van der Waals surface area contributed by atoms with E-state index in [9.17, 15) is 19.6 Å². The summed E-state index contributed by atoms with van der Waals surface area (Å²) in [5, 5.41) is 9.75. The van der Waals surface area contributed by atoms with Gasteiger partial charge in [0.05, 0.1) is 5.41 Å². The number of hydroxylamine groups is 1. The molecule has 0 bridgehead atoms. The van der Waals surface area contributed by atoms with Crippen molar-refractivity contribution in [1.29, 1.82) is 0 Å². The summed E-state index contributed by atoms with van der Waals surface area (Å²) in [5.74, 6) is 5.41. The molecule has 10 aliphatic carbocycles. The molecule has 10 aliphatic rings. The van der Waals surface area contributed by atoms with Crippen LogP contribution in [-0.4, -0.2) is 22.7 Å².